The van der Waals surface area contributed by atoms with Gasteiger partial charge in [0.1, 0.15) is 16.3 Å². The van der Waals surface area contributed by atoms with Crippen LogP contribution in [0.25, 0.3) is 21.7 Å². The van der Waals surface area contributed by atoms with Gasteiger partial charge >= 0.3 is 0 Å². The van der Waals surface area contributed by atoms with Crippen LogP contribution < -0.4 is 10.3 Å². The van der Waals surface area contributed by atoms with Gasteiger partial charge in [-0.25, -0.2) is 9.97 Å². The molecule has 1 N–H and O–H groups in total. The summed E-state index contributed by atoms with van der Waals surface area (Å²) in [5.41, 5.74) is 1.14. The summed E-state index contributed by atoms with van der Waals surface area (Å²) in [5, 5.41) is 3.39. The first kappa shape index (κ1) is 15.0. The molecule has 22 heavy (non-hydrogen) atoms. The fraction of sp³-hybridized carbons (Fsp3) is 0.267. The van der Waals surface area contributed by atoms with Crippen LogP contribution in [0.1, 0.15) is 25.5 Å². The molecule has 2 heterocycles. The second-order valence-electron chi connectivity index (χ2n) is 5.12. The predicted molar refractivity (Wildman–Crippen MR) is 89.1 cm³/mol. The van der Waals surface area contributed by atoms with Crippen molar-refractivity contribution in [3.63, 3.8) is 0 Å². The molecule has 0 fully saturated rings. The van der Waals surface area contributed by atoms with Gasteiger partial charge in [0.05, 0.1) is 18.2 Å². The molecule has 114 valence electrons. The lowest BCUT2D eigenvalue weighted by atomic mass is 10.2. The summed E-state index contributed by atoms with van der Waals surface area (Å²) >= 11 is 7.72. The summed E-state index contributed by atoms with van der Waals surface area (Å²) in [5.74, 6) is 1.23. The Morgan fingerprint density at radius 2 is 2.09 bits per heavy atom. The molecule has 0 unspecified atom stereocenters. The van der Waals surface area contributed by atoms with Crippen LogP contribution >= 0.6 is 22.9 Å². The zero-order valence-corrected chi connectivity index (χ0v) is 13.9. The van der Waals surface area contributed by atoms with Crippen molar-refractivity contribution in [1.82, 2.24) is 15.0 Å². The number of ether oxygens (including phenoxy) is 1. The highest BCUT2D eigenvalue weighted by Gasteiger charge is 2.15. The number of H-pyrrole nitrogens is 1. The molecule has 1 aromatic carbocycles. The number of nitrogens with one attached hydrogen (secondary N) is 1. The first-order valence-corrected chi connectivity index (χ1v) is 7.99. The number of aromatic nitrogens is 3. The lowest BCUT2D eigenvalue weighted by molar-refractivity contribution is 0.415. The van der Waals surface area contributed by atoms with E-state index in [1.165, 1.54) is 18.4 Å². The molecule has 3 aromatic rings. The molecule has 0 spiro atoms. The molecule has 3 rings (SSSR count). The van der Waals surface area contributed by atoms with E-state index in [0.717, 1.165) is 5.69 Å². The Labute approximate surface area is 136 Å². The third-order valence-corrected chi connectivity index (χ3v) is 4.55. The Hall–Kier alpha value is -1.92. The highest BCUT2D eigenvalue weighted by atomic mass is 35.5. The smallest absolute Gasteiger partial charge is 0.259 e. The number of halogens is 1. The molecule has 5 nitrogen and oxygen atoms in total. The molecule has 2 aromatic heterocycles. The van der Waals surface area contributed by atoms with Gasteiger partial charge in [-0.05, 0) is 18.1 Å². The van der Waals surface area contributed by atoms with E-state index in [1.54, 1.807) is 12.1 Å². The lowest BCUT2D eigenvalue weighted by Crippen LogP contribution is -2.10. The van der Waals surface area contributed by atoms with Crippen molar-refractivity contribution >= 4 is 33.8 Å². The summed E-state index contributed by atoms with van der Waals surface area (Å²) in [7, 11) is 1.52. The normalized spacial score (nSPS) is 11.3. The summed E-state index contributed by atoms with van der Waals surface area (Å²) in [6.07, 6.45) is 0. The molecule has 0 aliphatic heterocycles. The number of hydrogen-bond acceptors (Lipinski definition) is 5. The Morgan fingerprint density at radius 3 is 2.73 bits per heavy atom. The summed E-state index contributed by atoms with van der Waals surface area (Å²) in [4.78, 5) is 24.0. The van der Waals surface area contributed by atoms with E-state index in [1.807, 2.05) is 5.38 Å². The van der Waals surface area contributed by atoms with Gasteiger partial charge in [-0.3, -0.25) is 4.79 Å². The van der Waals surface area contributed by atoms with Gasteiger partial charge in [-0.1, -0.05) is 25.4 Å². The molecular weight excluding hydrogens is 322 g/mol. The van der Waals surface area contributed by atoms with Gasteiger partial charge in [-0.15, -0.1) is 11.3 Å². The molecule has 0 radical (unpaired) electrons. The minimum atomic E-state index is -0.245. The highest BCUT2D eigenvalue weighted by Crippen LogP contribution is 2.31. The zero-order valence-electron chi connectivity index (χ0n) is 12.3. The van der Waals surface area contributed by atoms with Crippen molar-refractivity contribution in [3.8, 4) is 16.6 Å². The van der Waals surface area contributed by atoms with Crippen LogP contribution in [0, 0.1) is 0 Å². The second kappa shape index (κ2) is 5.70. The molecule has 0 amide bonds. The van der Waals surface area contributed by atoms with Crippen LogP contribution in [0.3, 0.4) is 0 Å². The van der Waals surface area contributed by atoms with Crippen LogP contribution in [0.2, 0.25) is 5.02 Å². The van der Waals surface area contributed by atoms with E-state index in [4.69, 9.17) is 16.3 Å². The van der Waals surface area contributed by atoms with Gasteiger partial charge in [0, 0.05) is 5.38 Å². The molecular formula is C15H14ClN3O2S. The second-order valence-corrected chi connectivity index (χ2v) is 6.36. The Morgan fingerprint density at radius 1 is 1.32 bits per heavy atom. The zero-order chi connectivity index (χ0) is 15.9. The van der Waals surface area contributed by atoms with Gasteiger partial charge in [0.25, 0.3) is 5.56 Å². The number of methoxy groups -OCH3 is 1. The van der Waals surface area contributed by atoms with E-state index in [9.17, 15) is 4.79 Å². The third-order valence-electron chi connectivity index (χ3n) is 3.32. The quantitative estimate of drug-likeness (QED) is 0.789. The van der Waals surface area contributed by atoms with E-state index < -0.39 is 0 Å². The largest absolute Gasteiger partial charge is 0.495 e. The standard InChI is InChI=1S/C15H14ClN3O2S/c1-7(2)9-6-22-15(17-9)13-18-12-8(14(20)19-13)4-5-10(21-3)11(12)16/h4-7H,1-3H3,(H,18,19,20). The number of thiazole rings is 1. The fourth-order valence-electron chi connectivity index (χ4n) is 2.07. The monoisotopic (exact) mass is 335 g/mol. The number of fused-ring (bicyclic) bond motifs is 1. The lowest BCUT2D eigenvalue weighted by Gasteiger charge is -2.06. The number of nitrogens with zero attached hydrogens (tertiary/aromatic N) is 2. The van der Waals surface area contributed by atoms with E-state index in [2.05, 4.69) is 28.8 Å². The summed E-state index contributed by atoms with van der Waals surface area (Å²) in [6, 6.07) is 3.30. The Bertz CT molecular complexity index is 901. The minimum Gasteiger partial charge on any atom is -0.495 e. The maximum absolute atomic E-state index is 12.2. The van der Waals surface area contributed by atoms with E-state index in [0.29, 0.717) is 38.4 Å². The first-order chi connectivity index (χ1) is 10.5. The number of rotatable bonds is 3. The Kier molecular flexibility index (Phi) is 3.88. The van der Waals surface area contributed by atoms with Gasteiger partial charge in [0.15, 0.2) is 10.8 Å². The van der Waals surface area contributed by atoms with E-state index in [-0.39, 0.29) is 5.56 Å². The summed E-state index contributed by atoms with van der Waals surface area (Å²) in [6.45, 7) is 4.13. The van der Waals surface area contributed by atoms with Crippen molar-refractivity contribution in [3.05, 3.63) is 38.6 Å². The van der Waals surface area contributed by atoms with Gasteiger partial charge in [-0.2, -0.15) is 0 Å². The van der Waals surface area contributed by atoms with Crippen LogP contribution in [-0.2, 0) is 0 Å². The van der Waals surface area contributed by atoms with Gasteiger partial charge in [0.2, 0.25) is 0 Å². The molecule has 0 bridgehead atoms. The van der Waals surface area contributed by atoms with E-state index >= 15 is 0 Å². The number of aromatic amines is 1. The first-order valence-electron chi connectivity index (χ1n) is 6.73. The molecule has 0 saturated carbocycles. The topological polar surface area (TPSA) is 67.9 Å². The number of benzene rings is 1. The molecule has 0 aliphatic carbocycles. The predicted octanol–water partition coefficient (Wildman–Crippen LogP) is 3.83. The average Bonchev–Trinajstić information content (AvgIpc) is 2.98. The Balaban J connectivity index is 2.22. The SMILES string of the molecule is COc1ccc2c(=O)[nH]c(-c3nc(C(C)C)cs3)nc2c1Cl. The maximum atomic E-state index is 12.2. The molecule has 7 heteroatoms. The van der Waals surface area contributed by atoms with Gasteiger partial charge < -0.3 is 9.72 Å². The highest BCUT2D eigenvalue weighted by molar-refractivity contribution is 7.13. The third kappa shape index (κ3) is 2.48. The van der Waals surface area contributed by atoms with Crippen LogP contribution in [-0.4, -0.2) is 22.1 Å². The van der Waals surface area contributed by atoms with Crippen LogP contribution in [0.4, 0.5) is 0 Å². The average molecular weight is 336 g/mol. The van der Waals surface area contributed by atoms with Crippen molar-refractivity contribution in [2.75, 3.05) is 7.11 Å². The molecule has 0 atom stereocenters. The van der Waals surface area contributed by atoms with Crippen LogP contribution in [0.5, 0.6) is 5.75 Å². The summed E-state index contributed by atoms with van der Waals surface area (Å²) < 4.78 is 5.18. The molecule has 0 aliphatic rings. The minimum absolute atomic E-state index is 0.245. The fourth-order valence-corrected chi connectivity index (χ4v) is 3.28. The van der Waals surface area contributed by atoms with Crippen molar-refractivity contribution in [1.29, 1.82) is 0 Å². The number of hydrogen-bond donors (Lipinski definition) is 1. The van der Waals surface area contributed by atoms with Crippen molar-refractivity contribution in [2.24, 2.45) is 0 Å². The van der Waals surface area contributed by atoms with Crippen molar-refractivity contribution < 1.29 is 4.74 Å². The van der Waals surface area contributed by atoms with Crippen LogP contribution in [0.15, 0.2) is 22.3 Å². The van der Waals surface area contributed by atoms with Crippen molar-refractivity contribution in [2.45, 2.75) is 19.8 Å². The maximum Gasteiger partial charge on any atom is 0.259 e. The molecule has 0 saturated heterocycles.